The van der Waals surface area contributed by atoms with E-state index in [0.717, 1.165) is 32.4 Å². The van der Waals surface area contributed by atoms with E-state index in [9.17, 15) is 4.79 Å². The third-order valence-corrected chi connectivity index (χ3v) is 2.61. The topological polar surface area (TPSA) is 58.4 Å². The zero-order chi connectivity index (χ0) is 11.7. The normalized spacial score (nSPS) is 12.9. The van der Waals surface area contributed by atoms with Crippen molar-refractivity contribution in [1.29, 1.82) is 0 Å². The highest BCUT2D eigenvalue weighted by Crippen LogP contribution is 2.00. The van der Waals surface area contributed by atoms with Crippen molar-refractivity contribution in [2.75, 3.05) is 26.7 Å². The van der Waals surface area contributed by atoms with E-state index in [1.165, 1.54) is 0 Å². The predicted octanol–water partition coefficient (Wildman–Crippen LogP) is 0.572. The van der Waals surface area contributed by atoms with Gasteiger partial charge in [0.2, 0.25) is 5.91 Å². The average molecular weight is 215 g/mol. The molecule has 0 rings (SSSR count). The smallest absolute Gasteiger partial charge is 0.237 e. The van der Waals surface area contributed by atoms with E-state index in [0.29, 0.717) is 6.54 Å². The van der Waals surface area contributed by atoms with Gasteiger partial charge in [0.1, 0.15) is 0 Å². The molecule has 0 radical (unpaired) electrons. The maximum absolute atomic E-state index is 11.5. The lowest BCUT2D eigenvalue weighted by molar-refractivity contribution is -0.125. The zero-order valence-corrected chi connectivity index (χ0v) is 10.3. The lowest BCUT2D eigenvalue weighted by Crippen LogP contribution is -2.43. The summed E-state index contributed by atoms with van der Waals surface area (Å²) in [7, 11) is 1.99. The summed E-state index contributed by atoms with van der Waals surface area (Å²) < 4.78 is 0. The quantitative estimate of drug-likeness (QED) is 0.582. The maximum atomic E-state index is 11.5. The van der Waals surface area contributed by atoms with Crippen molar-refractivity contribution >= 4 is 5.91 Å². The predicted molar refractivity (Wildman–Crippen MR) is 63.7 cm³/mol. The van der Waals surface area contributed by atoms with Gasteiger partial charge in [0.25, 0.3) is 0 Å². The number of likely N-dealkylation sites (N-methyl/N-ethyl adjacent to an activating group) is 2. The van der Waals surface area contributed by atoms with Gasteiger partial charge in [0.05, 0.1) is 6.04 Å². The van der Waals surface area contributed by atoms with Crippen LogP contribution < -0.4 is 11.1 Å². The first-order valence-corrected chi connectivity index (χ1v) is 5.81. The monoisotopic (exact) mass is 215 g/mol. The van der Waals surface area contributed by atoms with E-state index in [2.05, 4.69) is 10.2 Å². The molecule has 0 fully saturated rings. The summed E-state index contributed by atoms with van der Waals surface area (Å²) in [6, 6.07) is -0.0390. The van der Waals surface area contributed by atoms with Crippen LogP contribution in [-0.2, 0) is 4.79 Å². The van der Waals surface area contributed by atoms with Crippen LogP contribution in [0.3, 0.4) is 0 Å². The zero-order valence-electron chi connectivity index (χ0n) is 10.3. The summed E-state index contributed by atoms with van der Waals surface area (Å²) in [5.41, 5.74) is 5.42. The molecule has 0 aromatic carbocycles. The van der Waals surface area contributed by atoms with Gasteiger partial charge in [-0.25, -0.2) is 0 Å². The number of nitrogens with one attached hydrogen (secondary N) is 1. The van der Waals surface area contributed by atoms with Crippen molar-refractivity contribution in [3.63, 3.8) is 0 Å². The molecule has 0 aliphatic heterocycles. The Hall–Kier alpha value is -0.610. The Morgan fingerprint density at radius 2 is 2.07 bits per heavy atom. The fraction of sp³-hybridized carbons (Fsp3) is 0.909. The Labute approximate surface area is 93.2 Å². The average Bonchev–Trinajstić information content (AvgIpc) is 2.23. The highest BCUT2D eigenvalue weighted by Gasteiger charge is 2.16. The Kier molecular flexibility index (Phi) is 8.33. The second-order valence-electron chi connectivity index (χ2n) is 3.90. The van der Waals surface area contributed by atoms with Crippen LogP contribution in [0, 0.1) is 0 Å². The highest BCUT2D eigenvalue weighted by molar-refractivity contribution is 5.81. The van der Waals surface area contributed by atoms with E-state index in [1.54, 1.807) is 0 Å². The number of rotatable bonds is 8. The van der Waals surface area contributed by atoms with Crippen molar-refractivity contribution < 1.29 is 4.79 Å². The third kappa shape index (κ3) is 6.47. The van der Waals surface area contributed by atoms with Gasteiger partial charge in [-0.3, -0.25) is 9.69 Å². The molecule has 0 saturated carbocycles. The van der Waals surface area contributed by atoms with E-state index < -0.39 is 0 Å². The van der Waals surface area contributed by atoms with Crippen molar-refractivity contribution in [2.24, 2.45) is 5.73 Å². The van der Waals surface area contributed by atoms with Crippen LogP contribution in [0.5, 0.6) is 0 Å². The summed E-state index contributed by atoms with van der Waals surface area (Å²) in [4.78, 5) is 13.6. The van der Waals surface area contributed by atoms with Gasteiger partial charge in [-0.15, -0.1) is 0 Å². The fourth-order valence-electron chi connectivity index (χ4n) is 1.40. The minimum atomic E-state index is -0.0390. The number of nitrogens with two attached hydrogens (primary N) is 1. The molecule has 1 atom stereocenters. The molecule has 0 bridgehead atoms. The molecule has 0 aromatic rings. The van der Waals surface area contributed by atoms with Crippen LogP contribution >= 0.6 is 0 Å². The summed E-state index contributed by atoms with van der Waals surface area (Å²) in [6.45, 7) is 6.29. The molecule has 4 nitrogen and oxygen atoms in total. The Bertz CT molecular complexity index is 173. The first kappa shape index (κ1) is 14.4. The number of hydrogen-bond acceptors (Lipinski definition) is 3. The molecule has 0 spiro atoms. The second kappa shape index (κ2) is 8.68. The summed E-state index contributed by atoms with van der Waals surface area (Å²) in [5, 5.41) is 2.83. The fourth-order valence-corrected chi connectivity index (χ4v) is 1.40. The standard InChI is InChI=1S/C11H25N3O/c1-4-13-11(15)10(2)14(3)9-7-5-6-8-12/h10H,4-9,12H2,1-3H3,(H,13,15). The second-order valence-corrected chi connectivity index (χ2v) is 3.90. The molecular weight excluding hydrogens is 190 g/mol. The van der Waals surface area contributed by atoms with Gasteiger partial charge < -0.3 is 11.1 Å². The Balaban J connectivity index is 3.68. The van der Waals surface area contributed by atoms with E-state index in [4.69, 9.17) is 5.73 Å². The van der Waals surface area contributed by atoms with Crippen LogP contribution in [0.25, 0.3) is 0 Å². The van der Waals surface area contributed by atoms with Crippen LogP contribution in [0.4, 0.5) is 0 Å². The summed E-state index contributed by atoms with van der Waals surface area (Å²) in [5.74, 6) is 0.110. The van der Waals surface area contributed by atoms with Crippen molar-refractivity contribution in [2.45, 2.75) is 39.2 Å². The molecule has 0 heterocycles. The molecule has 1 unspecified atom stereocenters. The minimum Gasteiger partial charge on any atom is -0.355 e. The lowest BCUT2D eigenvalue weighted by Gasteiger charge is -2.23. The van der Waals surface area contributed by atoms with E-state index in [1.807, 2.05) is 20.9 Å². The molecule has 1 amide bonds. The molecule has 90 valence electrons. The number of unbranched alkanes of at least 4 members (excludes halogenated alkanes) is 2. The first-order chi connectivity index (χ1) is 7.13. The number of hydrogen-bond donors (Lipinski definition) is 2. The number of amides is 1. The molecule has 0 aromatic heterocycles. The Morgan fingerprint density at radius 3 is 2.60 bits per heavy atom. The van der Waals surface area contributed by atoms with Gasteiger partial charge in [0, 0.05) is 6.54 Å². The third-order valence-electron chi connectivity index (χ3n) is 2.61. The molecule has 0 aliphatic rings. The van der Waals surface area contributed by atoms with E-state index in [-0.39, 0.29) is 11.9 Å². The Morgan fingerprint density at radius 1 is 1.40 bits per heavy atom. The van der Waals surface area contributed by atoms with Gasteiger partial charge in [-0.2, -0.15) is 0 Å². The van der Waals surface area contributed by atoms with Gasteiger partial charge >= 0.3 is 0 Å². The highest BCUT2D eigenvalue weighted by atomic mass is 16.2. The van der Waals surface area contributed by atoms with Crippen molar-refractivity contribution in [3.05, 3.63) is 0 Å². The van der Waals surface area contributed by atoms with Crippen LogP contribution in [0.15, 0.2) is 0 Å². The van der Waals surface area contributed by atoms with Crippen LogP contribution in [0.2, 0.25) is 0 Å². The van der Waals surface area contributed by atoms with Crippen LogP contribution in [0.1, 0.15) is 33.1 Å². The number of carbonyl (C=O) groups is 1. The van der Waals surface area contributed by atoms with Crippen LogP contribution in [-0.4, -0.2) is 43.5 Å². The van der Waals surface area contributed by atoms with Crippen molar-refractivity contribution in [1.82, 2.24) is 10.2 Å². The number of nitrogens with zero attached hydrogens (tertiary/aromatic N) is 1. The summed E-state index contributed by atoms with van der Waals surface area (Å²) >= 11 is 0. The molecule has 3 N–H and O–H groups in total. The largest absolute Gasteiger partial charge is 0.355 e. The molecule has 0 saturated heterocycles. The van der Waals surface area contributed by atoms with Crippen molar-refractivity contribution in [3.8, 4) is 0 Å². The molecule has 4 heteroatoms. The summed E-state index contributed by atoms with van der Waals surface area (Å²) in [6.07, 6.45) is 3.32. The first-order valence-electron chi connectivity index (χ1n) is 5.81. The van der Waals surface area contributed by atoms with Gasteiger partial charge in [-0.1, -0.05) is 6.42 Å². The van der Waals surface area contributed by atoms with E-state index >= 15 is 0 Å². The minimum absolute atomic E-state index is 0.0390. The molecule has 0 aliphatic carbocycles. The SMILES string of the molecule is CCNC(=O)C(C)N(C)CCCCCN. The molecule has 15 heavy (non-hydrogen) atoms. The number of carbonyl (C=O) groups excluding carboxylic acids is 1. The molecular formula is C11H25N3O. The van der Waals surface area contributed by atoms with Gasteiger partial charge in [0.15, 0.2) is 0 Å². The van der Waals surface area contributed by atoms with Gasteiger partial charge in [-0.05, 0) is 46.8 Å². The maximum Gasteiger partial charge on any atom is 0.237 e. The lowest BCUT2D eigenvalue weighted by atomic mass is 10.2.